The van der Waals surface area contributed by atoms with Crippen LogP contribution < -0.4 is 10.6 Å². The Labute approximate surface area is 103 Å². The number of piperidine rings is 1. The minimum Gasteiger partial charge on any atom is -0.358 e. The predicted molar refractivity (Wildman–Crippen MR) is 66.6 cm³/mol. The van der Waals surface area contributed by atoms with Crippen molar-refractivity contribution in [2.24, 2.45) is 0 Å². The summed E-state index contributed by atoms with van der Waals surface area (Å²) in [6, 6.07) is -0.0973. The summed E-state index contributed by atoms with van der Waals surface area (Å²) >= 11 is 0. The molecule has 5 heteroatoms. The van der Waals surface area contributed by atoms with Crippen LogP contribution in [0.25, 0.3) is 0 Å². The smallest absolute Gasteiger partial charge is 0.240 e. The standard InChI is InChI=1S/C12H23N3O2/c1-3-8-15(9-11(16)13-2)12(17)10-6-4-5-7-14-10/h10,14H,3-9H2,1-2H3,(H,13,16)/t10-/m1/s1. The molecule has 0 aromatic rings. The van der Waals surface area contributed by atoms with E-state index >= 15 is 0 Å². The third-order valence-corrected chi connectivity index (χ3v) is 3.03. The monoisotopic (exact) mass is 241 g/mol. The Balaban J connectivity index is 2.55. The number of amides is 2. The molecule has 0 saturated carbocycles. The van der Waals surface area contributed by atoms with Crippen molar-refractivity contribution in [1.29, 1.82) is 0 Å². The van der Waals surface area contributed by atoms with Gasteiger partial charge in [0.05, 0.1) is 12.6 Å². The number of nitrogens with zero attached hydrogens (tertiary/aromatic N) is 1. The molecule has 17 heavy (non-hydrogen) atoms. The van der Waals surface area contributed by atoms with Crippen molar-refractivity contribution in [1.82, 2.24) is 15.5 Å². The molecule has 1 saturated heterocycles. The van der Waals surface area contributed by atoms with Crippen LogP contribution in [0.3, 0.4) is 0 Å². The number of nitrogens with one attached hydrogen (secondary N) is 2. The Morgan fingerprint density at radius 3 is 2.71 bits per heavy atom. The third kappa shape index (κ3) is 4.34. The number of rotatable bonds is 5. The highest BCUT2D eigenvalue weighted by atomic mass is 16.2. The fourth-order valence-electron chi connectivity index (χ4n) is 2.07. The number of hydrogen-bond acceptors (Lipinski definition) is 3. The Bertz CT molecular complexity index is 262. The summed E-state index contributed by atoms with van der Waals surface area (Å²) in [5.74, 6) is -0.0437. The maximum atomic E-state index is 12.2. The molecule has 0 spiro atoms. The molecule has 0 unspecified atom stereocenters. The molecule has 1 heterocycles. The molecule has 1 aliphatic rings. The first-order valence-corrected chi connectivity index (χ1v) is 6.41. The molecular formula is C12H23N3O2. The van der Waals surface area contributed by atoms with Crippen molar-refractivity contribution in [2.75, 3.05) is 26.7 Å². The highest BCUT2D eigenvalue weighted by Gasteiger charge is 2.26. The topological polar surface area (TPSA) is 61.4 Å². The summed E-state index contributed by atoms with van der Waals surface area (Å²) in [5.41, 5.74) is 0. The molecule has 0 bridgehead atoms. The van der Waals surface area contributed by atoms with Gasteiger partial charge in [-0.2, -0.15) is 0 Å². The molecule has 2 amide bonds. The van der Waals surface area contributed by atoms with E-state index in [9.17, 15) is 9.59 Å². The lowest BCUT2D eigenvalue weighted by Crippen LogP contribution is -2.51. The van der Waals surface area contributed by atoms with E-state index in [0.29, 0.717) is 6.54 Å². The molecule has 1 fully saturated rings. The lowest BCUT2D eigenvalue weighted by atomic mass is 10.0. The zero-order chi connectivity index (χ0) is 12.7. The second-order valence-electron chi connectivity index (χ2n) is 4.44. The van der Waals surface area contributed by atoms with E-state index in [-0.39, 0.29) is 24.4 Å². The summed E-state index contributed by atoms with van der Waals surface area (Å²) in [5, 5.41) is 5.78. The van der Waals surface area contributed by atoms with Crippen LogP contribution in [-0.4, -0.2) is 49.4 Å². The molecule has 0 aromatic carbocycles. The molecule has 98 valence electrons. The van der Waals surface area contributed by atoms with E-state index in [0.717, 1.165) is 32.2 Å². The van der Waals surface area contributed by atoms with Gasteiger partial charge in [0.1, 0.15) is 0 Å². The van der Waals surface area contributed by atoms with Crippen LogP contribution in [-0.2, 0) is 9.59 Å². The van der Waals surface area contributed by atoms with E-state index in [1.54, 1.807) is 11.9 Å². The van der Waals surface area contributed by atoms with Gasteiger partial charge in [-0.1, -0.05) is 13.3 Å². The fraction of sp³-hybridized carbons (Fsp3) is 0.833. The number of likely N-dealkylation sites (N-methyl/N-ethyl adjacent to an activating group) is 1. The molecule has 1 atom stereocenters. The molecule has 0 aromatic heterocycles. The van der Waals surface area contributed by atoms with Gasteiger partial charge >= 0.3 is 0 Å². The molecule has 5 nitrogen and oxygen atoms in total. The normalized spacial score (nSPS) is 19.8. The van der Waals surface area contributed by atoms with E-state index in [1.165, 1.54) is 0 Å². The van der Waals surface area contributed by atoms with E-state index in [2.05, 4.69) is 10.6 Å². The van der Waals surface area contributed by atoms with Gasteiger partial charge in [-0.25, -0.2) is 0 Å². The van der Waals surface area contributed by atoms with Crippen molar-refractivity contribution in [3.8, 4) is 0 Å². The van der Waals surface area contributed by atoms with Crippen LogP contribution >= 0.6 is 0 Å². The average Bonchev–Trinajstić information content (AvgIpc) is 2.38. The fourth-order valence-corrected chi connectivity index (χ4v) is 2.07. The van der Waals surface area contributed by atoms with Crippen molar-refractivity contribution < 1.29 is 9.59 Å². The summed E-state index contributed by atoms with van der Waals surface area (Å²) in [7, 11) is 1.59. The largest absolute Gasteiger partial charge is 0.358 e. The van der Waals surface area contributed by atoms with Crippen LogP contribution in [0.2, 0.25) is 0 Å². The quantitative estimate of drug-likeness (QED) is 0.718. The molecular weight excluding hydrogens is 218 g/mol. The van der Waals surface area contributed by atoms with Gasteiger partial charge in [0.2, 0.25) is 11.8 Å². The van der Waals surface area contributed by atoms with Crippen LogP contribution in [0, 0.1) is 0 Å². The van der Waals surface area contributed by atoms with Crippen molar-refractivity contribution in [3.63, 3.8) is 0 Å². The maximum Gasteiger partial charge on any atom is 0.240 e. The van der Waals surface area contributed by atoms with Crippen LogP contribution in [0.4, 0.5) is 0 Å². The highest BCUT2D eigenvalue weighted by Crippen LogP contribution is 2.10. The van der Waals surface area contributed by atoms with Crippen LogP contribution in [0.1, 0.15) is 32.6 Å². The number of carbonyl (C=O) groups excluding carboxylic acids is 2. The van der Waals surface area contributed by atoms with Crippen molar-refractivity contribution >= 4 is 11.8 Å². The van der Waals surface area contributed by atoms with Crippen molar-refractivity contribution in [3.05, 3.63) is 0 Å². The Morgan fingerprint density at radius 2 is 2.18 bits per heavy atom. The third-order valence-electron chi connectivity index (χ3n) is 3.03. The molecule has 2 N–H and O–H groups in total. The van der Waals surface area contributed by atoms with Gasteiger partial charge in [0, 0.05) is 13.6 Å². The molecule has 0 aliphatic carbocycles. The first kappa shape index (κ1) is 14.0. The van der Waals surface area contributed by atoms with E-state index < -0.39 is 0 Å². The SMILES string of the molecule is CCCN(CC(=O)NC)C(=O)[C@H]1CCCCN1. The summed E-state index contributed by atoms with van der Waals surface area (Å²) in [4.78, 5) is 25.2. The molecule has 1 rings (SSSR count). The zero-order valence-electron chi connectivity index (χ0n) is 10.8. The first-order valence-electron chi connectivity index (χ1n) is 6.41. The van der Waals surface area contributed by atoms with E-state index in [4.69, 9.17) is 0 Å². The first-order chi connectivity index (χ1) is 8.19. The van der Waals surface area contributed by atoms with Crippen LogP contribution in [0.15, 0.2) is 0 Å². The van der Waals surface area contributed by atoms with Crippen LogP contribution in [0.5, 0.6) is 0 Å². The average molecular weight is 241 g/mol. The minimum absolute atomic E-state index is 0.0650. The zero-order valence-corrected chi connectivity index (χ0v) is 10.8. The second kappa shape index (κ2) is 7.27. The Hall–Kier alpha value is -1.10. The minimum atomic E-state index is -0.109. The summed E-state index contributed by atoms with van der Waals surface area (Å²) in [6.07, 6.45) is 3.97. The Kier molecular flexibility index (Phi) is 5.97. The predicted octanol–water partition coefficient (Wildman–Crippen LogP) is 0.113. The van der Waals surface area contributed by atoms with E-state index in [1.807, 2.05) is 6.92 Å². The number of hydrogen-bond donors (Lipinski definition) is 2. The summed E-state index contributed by atoms with van der Waals surface area (Å²) < 4.78 is 0. The van der Waals surface area contributed by atoms with Gasteiger partial charge in [-0.05, 0) is 25.8 Å². The van der Waals surface area contributed by atoms with Gasteiger partial charge in [-0.15, -0.1) is 0 Å². The van der Waals surface area contributed by atoms with Gasteiger partial charge in [-0.3, -0.25) is 9.59 Å². The van der Waals surface area contributed by atoms with Gasteiger partial charge < -0.3 is 15.5 Å². The second-order valence-corrected chi connectivity index (χ2v) is 4.44. The number of carbonyl (C=O) groups is 2. The lowest BCUT2D eigenvalue weighted by Gasteiger charge is -2.29. The maximum absolute atomic E-state index is 12.2. The summed E-state index contributed by atoms with van der Waals surface area (Å²) in [6.45, 7) is 3.72. The Morgan fingerprint density at radius 1 is 1.41 bits per heavy atom. The highest BCUT2D eigenvalue weighted by molar-refractivity contribution is 5.87. The van der Waals surface area contributed by atoms with Gasteiger partial charge in [0.15, 0.2) is 0 Å². The molecule has 1 aliphatic heterocycles. The lowest BCUT2D eigenvalue weighted by molar-refractivity contribution is -0.138. The van der Waals surface area contributed by atoms with Gasteiger partial charge in [0.25, 0.3) is 0 Å². The van der Waals surface area contributed by atoms with Crippen molar-refractivity contribution in [2.45, 2.75) is 38.6 Å². The molecule has 0 radical (unpaired) electrons.